The van der Waals surface area contributed by atoms with Crippen LogP contribution < -0.4 is 5.56 Å². The van der Waals surface area contributed by atoms with Crippen LogP contribution in [0.25, 0.3) is 26.9 Å². The SMILES string of the molecule is [C-]#[N+]c1ccc([C@@](O)(c2ccc3c(c2)c(-c2cccc(C)c2)cc(=O)n3C)c2cncn2C)cc1. The molecule has 2 heterocycles. The molecule has 0 aliphatic carbocycles. The Morgan fingerprint density at radius 1 is 0.971 bits per heavy atom. The zero-order chi connectivity index (χ0) is 24.7. The average Bonchev–Trinajstić information content (AvgIpc) is 3.31. The van der Waals surface area contributed by atoms with E-state index >= 15 is 0 Å². The van der Waals surface area contributed by atoms with Crippen molar-refractivity contribution < 1.29 is 5.11 Å². The van der Waals surface area contributed by atoms with Crippen molar-refractivity contribution in [2.75, 3.05) is 0 Å². The number of benzene rings is 3. The lowest BCUT2D eigenvalue weighted by Crippen LogP contribution is -2.31. The number of pyridine rings is 1. The Hall–Kier alpha value is -4.47. The molecule has 0 fully saturated rings. The topological polar surface area (TPSA) is 64.4 Å². The van der Waals surface area contributed by atoms with Gasteiger partial charge in [-0.2, -0.15) is 0 Å². The minimum absolute atomic E-state index is 0.0987. The lowest BCUT2D eigenvalue weighted by Gasteiger charge is -2.30. The first-order valence-corrected chi connectivity index (χ1v) is 11.2. The molecular weight excluding hydrogens is 436 g/mol. The molecule has 0 spiro atoms. The molecule has 0 unspecified atom stereocenters. The third-order valence-corrected chi connectivity index (χ3v) is 6.59. The first kappa shape index (κ1) is 22.3. The van der Waals surface area contributed by atoms with Crippen molar-refractivity contribution in [3.8, 4) is 11.1 Å². The highest BCUT2D eigenvalue weighted by atomic mass is 16.3. The molecule has 0 aliphatic rings. The largest absolute Gasteiger partial charge is 0.374 e. The number of aliphatic hydroxyl groups is 1. The summed E-state index contributed by atoms with van der Waals surface area (Å²) < 4.78 is 3.40. The molecule has 5 rings (SSSR count). The number of imidazole rings is 1. The van der Waals surface area contributed by atoms with Crippen LogP contribution >= 0.6 is 0 Å². The fraction of sp³-hybridized carbons (Fsp3) is 0.138. The number of fused-ring (bicyclic) bond motifs is 1. The second-order valence-corrected chi connectivity index (χ2v) is 8.82. The Balaban J connectivity index is 1.83. The minimum Gasteiger partial charge on any atom is -0.374 e. The Kier molecular flexibility index (Phi) is 5.35. The van der Waals surface area contributed by atoms with Crippen LogP contribution in [-0.4, -0.2) is 19.2 Å². The van der Waals surface area contributed by atoms with Crippen molar-refractivity contribution in [1.82, 2.24) is 14.1 Å². The molecule has 0 bridgehead atoms. The van der Waals surface area contributed by atoms with Crippen molar-refractivity contribution in [2.24, 2.45) is 14.1 Å². The van der Waals surface area contributed by atoms with E-state index in [1.165, 1.54) is 0 Å². The van der Waals surface area contributed by atoms with Crippen LogP contribution in [0.15, 0.2) is 90.1 Å². The molecule has 0 saturated carbocycles. The van der Waals surface area contributed by atoms with Crippen molar-refractivity contribution in [3.63, 3.8) is 0 Å². The van der Waals surface area contributed by atoms with Gasteiger partial charge >= 0.3 is 0 Å². The third kappa shape index (κ3) is 3.63. The highest BCUT2D eigenvalue weighted by molar-refractivity contribution is 5.95. The number of aromatic nitrogens is 3. The summed E-state index contributed by atoms with van der Waals surface area (Å²) in [6, 6.07) is 22.3. The highest BCUT2D eigenvalue weighted by Gasteiger charge is 2.37. The van der Waals surface area contributed by atoms with Crippen LogP contribution in [0.3, 0.4) is 0 Å². The van der Waals surface area contributed by atoms with Crippen LogP contribution in [0.1, 0.15) is 22.4 Å². The summed E-state index contributed by atoms with van der Waals surface area (Å²) in [5, 5.41) is 13.2. The van der Waals surface area contributed by atoms with E-state index in [2.05, 4.69) is 15.9 Å². The molecule has 2 aromatic heterocycles. The second kappa shape index (κ2) is 8.39. The van der Waals surface area contributed by atoms with Gasteiger partial charge in [-0.3, -0.25) is 4.79 Å². The zero-order valence-corrected chi connectivity index (χ0v) is 19.7. The molecule has 1 N–H and O–H groups in total. The van der Waals surface area contributed by atoms with Gasteiger partial charge in [0, 0.05) is 25.5 Å². The van der Waals surface area contributed by atoms with Gasteiger partial charge in [-0.1, -0.05) is 60.2 Å². The maximum Gasteiger partial charge on any atom is 0.251 e. The molecule has 0 aliphatic heterocycles. The summed E-state index contributed by atoms with van der Waals surface area (Å²) in [6.45, 7) is 9.30. The molecule has 172 valence electrons. The zero-order valence-electron chi connectivity index (χ0n) is 19.7. The van der Waals surface area contributed by atoms with E-state index in [0.717, 1.165) is 27.6 Å². The number of rotatable bonds is 4. The lowest BCUT2D eigenvalue weighted by molar-refractivity contribution is 0.117. The van der Waals surface area contributed by atoms with Crippen molar-refractivity contribution in [2.45, 2.75) is 12.5 Å². The fourth-order valence-corrected chi connectivity index (χ4v) is 4.68. The van der Waals surface area contributed by atoms with Gasteiger partial charge in [0.15, 0.2) is 11.3 Å². The molecule has 6 heteroatoms. The van der Waals surface area contributed by atoms with Crippen molar-refractivity contribution in [3.05, 3.63) is 129 Å². The normalized spacial score (nSPS) is 12.9. The van der Waals surface area contributed by atoms with E-state index in [1.807, 2.05) is 50.4 Å². The smallest absolute Gasteiger partial charge is 0.251 e. The molecule has 0 radical (unpaired) electrons. The predicted octanol–water partition coefficient (Wildman–Crippen LogP) is 5.08. The summed E-state index contributed by atoms with van der Waals surface area (Å²) in [5.74, 6) is 0. The van der Waals surface area contributed by atoms with Crippen LogP contribution in [0, 0.1) is 13.5 Å². The molecule has 35 heavy (non-hydrogen) atoms. The van der Waals surface area contributed by atoms with Gasteiger partial charge in [0.05, 0.1) is 30.3 Å². The Morgan fingerprint density at radius 3 is 2.37 bits per heavy atom. The predicted molar refractivity (Wildman–Crippen MR) is 137 cm³/mol. The molecule has 5 aromatic rings. The van der Waals surface area contributed by atoms with Gasteiger partial charge in [-0.25, -0.2) is 9.83 Å². The van der Waals surface area contributed by atoms with Gasteiger partial charge in [0.25, 0.3) is 5.56 Å². The Morgan fingerprint density at radius 2 is 1.71 bits per heavy atom. The van der Waals surface area contributed by atoms with Gasteiger partial charge < -0.3 is 14.2 Å². The summed E-state index contributed by atoms with van der Waals surface area (Å²) in [4.78, 5) is 20.5. The lowest BCUT2D eigenvalue weighted by atomic mass is 9.82. The fourth-order valence-electron chi connectivity index (χ4n) is 4.68. The Bertz CT molecular complexity index is 1670. The molecule has 0 amide bonds. The number of aryl methyl sites for hydroxylation is 3. The van der Waals surface area contributed by atoms with E-state index in [9.17, 15) is 9.90 Å². The van der Waals surface area contributed by atoms with Gasteiger partial charge in [0.2, 0.25) is 0 Å². The van der Waals surface area contributed by atoms with Gasteiger partial charge in [-0.15, -0.1) is 0 Å². The number of hydrogen-bond donors (Lipinski definition) is 1. The summed E-state index contributed by atoms with van der Waals surface area (Å²) in [5.41, 5.74) is 4.33. The van der Waals surface area contributed by atoms with Crippen molar-refractivity contribution in [1.29, 1.82) is 0 Å². The van der Waals surface area contributed by atoms with E-state index in [4.69, 9.17) is 6.57 Å². The van der Waals surface area contributed by atoms with Crippen LogP contribution in [0.5, 0.6) is 0 Å². The number of hydrogen-bond acceptors (Lipinski definition) is 3. The van der Waals surface area contributed by atoms with Gasteiger partial charge in [0.1, 0.15) is 0 Å². The molecule has 3 aromatic carbocycles. The first-order valence-electron chi connectivity index (χ1n) is 11.2. The monoisotopic (exact) mass is 460 g/mol. The van der Waals surface area contributed by atoms with Crippen molar-refractivity contribution >= 4 is 16.6 Å². The summed E-state index contributed by atoms with van der Waals surface area (Å²) >= 11 is 0. The molecule has 1 atom stereocenters. The highest BCUT2D eigenvalue weighted by Crippen LogP contribution is 2.39. The minimum atomic E-state index is -1.53. The van der Waals surface area contributed by atoms with E-state index in [-0.39, 0.29) is 5.56 Å². The van der Waals surface area contributed by atoms with E-state index in [0.29, 0.717) is 22.5 Å². The quantitative estimate of drug-likeness (QED) is 0.380. The first-order chi connectivity index (χ1) is 16.8. The second-order valence-electron chi connectivity index (χ2n) is 8.82. The maximum absolute atomic E-state index is 12.8. The van der Waals surface area contributed by atoms with Crippen LogP contribution in [0.2, 0.25) is 0 Å². The van der Waals surface area contributed by atoms with Gasteiger partial charge in [-0.05, 0) is 41.3 Å². The maximum atomic E-state index is 12.8. The Labute approximate surface area is 203 Å². The van der Waals surface area contributed by atoms with E-state index < -0.39 is 5.60 Å². The van der Waals surface area contributed by atoms with Crippen LogP contribution in [-0.2, 0) is 19.7 Å². The molecular formula is C29H24N4O2. The summed E-state index contributed by atoms with van der Waals surface area (Å²) in [6.07, 6.45) is 3.30. The molecule has 6 nitrogen and oxygen atoms in total. The van der Waals surface area contributed by atoms with Crippen LogP contribution in [0.4, 0.5) is 5.69 Å². The summed E-state index contributed by atoms with van der Waals surface area (Å²) in [7, 11) is 3.59. The van der Waals surface area contributed by atoms with E-state index in [1.54, 1.807) is 59.0 Å². The number of nitrogens with zero attached hydrogens (tertiary/aromatic N) is 4. The standard InChI is InChI=1S/C29H24N4O2/c1-19-6-5-7-20(14-19)24-16-28(34)33(4)26-13-10-22(15-25(24)26)29(35,27-17-31-18-32(27)3)21-8-11-23(30-2)12-9-21/h5-18,35H,1,3-4H3/t29-/m1/s1. The third-order valence-electron chi connectivity index (χ3n) is 6.59. The molecule has 0 saturated heterocycles. The average molecular weight is 461 g/mol.